The van der Waals surface area contributed by atoms with Crippen molar-refractivity contribution >= 4 is 17.5 Å². The molecule has 2 aromatic rings. The normalized spacial score (nSPS) is 21.3. The number of nitrogens with zero attached hydrogens (tertiary/aromatic N) is 1. The number of aliphatic hydroxyl groups excluding tert-OH is 1. The zero-order valence-electron chi connectivity index (χ0n) is 19.0. The first kappa shape index (κ1) is 23.6. The van der Waals surface area contributed by atoms with Gasteiger partial charge in [-0.05, 0) is 56.0 Å². The highest BCUT2D eigenvalue weighted by Crippen LogP contribution is 2.55. The fraction of sp³-hybridized carbons (Fsp3) is 0.520. The molecule has 0 atom stereocenters. The average Bonchev–Trinajstić information content (AvgIpc) is 2.72. The van der Waals surface area contributed by atoms with Crippen LogP contribution < -0.4 is 10.1 Å². The van der Waals surface area contributed by atoms with E-state index in [4.69, 9.17) is 21.4 Å². The van der Waals surface area contributed by atoms with E-state index in [0.29, 0.717) is 10.6 Å². The zero-order chi connectivity index (χ0) is 22.8. The number of carbonyl (C=O) groups excluding carboxylic acids is 1. The first-order valence-electron chi connectivity index (χ1n) is 10.9. The van der Waals surface area contributed by atoms with Crippen molar-refractivity contribution in [3.8, 4) is 5.75 Å². The van der Waals surface area contributed by atoms with E-state index in [1.54, 1.807) is 6.20 Å². The molecule has 6 heteroatoms. The standard InChI is InChI=1S/C25H33ClN2O3/c1-16-9-12-19(14-20(16)26)31-23-24(2,3)22(25(23,4)5)28-21(30)17-10-11-18(27-15-17)8-6-7-13-29/h9-12,14-15,22-23,29H,6-8,13H2,1-5H3,(H,28,30). The van der Waals surface area contributed by atoms with Crippen molar-refractivity contribution in [1.29, 1.82) is 0 Å². The summed E-state index contributed by atoms with van der Waals surface area (Å²) < 4.78 is 6.33. The van der Waals surface area contributed by atoms with E-state index < -0.39 is 0 Å². The molecule has 1 aliphatic rings. The highest BCUT2D eigenvalue weighted by Gasteiger charge is 2.64. The van der Waals surface area contributed by atoms with Crippen molar-refractivity contribution in [2.24, 2.45) is 10.8 Å². The molecule has 31 heavy (non-hydrogen) atoms. The third-order valence-electron chi connectivity index (χ3n) is 6.44. The SMILES string of the molecule is Cc1ccc(OC2C(C)(C)C(NC(=O)c3ccc(CCCCO)nc3)C2(C)C)cc1Cl. The number of amides is 1. The fourth-order valence-corrected chi connectivity index (χ4v) is 5.09. The largest absolute Gasteiger partial charge is 0.489 e. The van der Waals surface area contributed by atoms with Crippen LogP contribution in [0.4, 0.5) is 0 Å². The van der Waals surface area contributed by atoms with E-state index in [0.717, 1.165) is 36.3 Å². The van der Waals surface area contributed by atoms with Gasteiger partial charge in [-0.15, -0.1) is 0 Å². The van der Waals surface area contributed by atoms with Crippen LogP contribution in [0.3, 0.4) is 0 Å². The third-order valence-corrected chi connectivity index (χ3v) is 6.85. The number of halogens is 1. The van der Waals surface area contributed by atoms with Crippen LogP contribution in [0.5, 0.6) is 5.75 Å². The molecule has 2 N–H and O–H groups in total. The number of ether oxygens (including phenoxy) is 1. The van der Waals surface area contributed by atoms with E-state index in [9.17, 15) is 4.79 Å². The molecule has 1 amide bonds. The topological polar surface area (TPSA) is 71.5 Å². The van der Waals surface area contributed by atoms with Crippen molar-refractivity contribution in [2.45, 2.75) is 66.0 Å². The van der Waals surface area contributed by atoms with Gasteiger partial charge in [0.2, 0.25) is 0 Å². The number of pyridine rings is 1. The Bertz CT molecular complexity index is 909. The van der Waals surface area contributed by atoms with Crippen molar-refractivity contribution < 1.29 is 14.6 Å². The highest BCUT2D eigenvalue weighted by molar-refractivity contribution is 6.31. The molecule has 0 unspecified atom stereocenters. The summed E-state index contributed by atoms with van der Waals surface area (Å²) in [4.78, 5) is 17.3. The van der Waals surface area contributed by atoms with Crippen molar-refractivity contribution in [1.82, 2.24) is 10.3 Å². The lowest BCUT2D eigenvalue weighted by Crippen LogP contribution is -2.74. The minimum atomic E-state index is -0.256. The number of nitrogens with one attached hydrogen (secondary N) is 1. The summed E-state index contributed by atoms with van der Waals surface area (Å²) in [6.45, 7) is 10.6. The smallest absolute Gasteiger partial charge is 0.253 e. The Hall–Kier alpha value is -2.11. The Morgan fingerprint density at radius 3 is 2.45 bits per heavy atom. The molecule has 0 aliphatic heterocycles. The number of unbranched alkanes of at least 4 members (excludes halogenated alkanes) is 1. The number of aromatic nitrogens is 1. The van der Waals surface area contributed by atoms with Crippen molar-refractivity contribution in [3.63, 3.8) is 0 Å². The number of hydrogen-bond donors (Lipinski definition) is 2. The summed E-state index contributed by atoms with van der Waals surface area (Å²) in [5.41, 5.74) is 1.98. The van der Waals surface area contributed by atoms with Crippen LogP contribution in [-0.2, 0) is 6.42 Å². The van der Waals surface area contributed by atoms with Gasteiger partial charge in [-0.25, -0.2) is 0 Å². The van der Waals surface area contributed by atoms with Gasteiger partial charge in [0.15, 0.2) is 0 Å². The molecule has 1 heterocycles. The average molecular weight is 445 g/mol. The molecule has 0 spiro atoms. The second-order valence-corrected chi connectivity index (χ2v) is 10.1. The molecule has 168 valence electrons. The highest BCUT2D eigenvalue weighted by atomic mass is 35.5. The number of carbonyl (C=O) groups is 1. The van der Waals surface area contributed by atoms with Gasteiger partial charge >= 0.3 is 0 Å². The first-order chi connectivity index (χ1) is 14.6. The van der Waals surface area contributed by atoms with Crippen LogP contribution in [0, 0.1) is 17.8 Å². The van der Waals surface area contributed by atoms with Crippen molar-refractivity contribution in [2.75, 3.05) is 6.61 Å². The molecule has 0 saturated heterocycles. The summed E-state index contributed by atoms with van der Waals surface area (Å²) in [5.74, 6) is 0.616. The lowest BCUT2D eigenvalue weighted by atomic mass is 9.49. The first-order valence-corrected chi connectivity index (χ1v) is 11.2. The lowest BCUT2D eigenvalue weighted by molar-refractivity contribution is -0.164. The second-order valence-electron chi connectivity index (χ2n) is 9.68. The number of benzene rings is 1. The predicted octanol–water partition coefficient (Wildman–Crippen LogP) is 4.97. The van der Waals surface area contributed by atoms with Gasteiger partial charge in [0.1, 0.15) is 11.9 Å². The lowest BCUT2D eigenvalue weighted by Gasteiger charge is -2.63. The van der Waals surface area contributed by atoms with Crippen LogP contribution in [0.1, 0.15) is 62.2 Å². The number of rotatable bonds is 8. The van der Waals surface area contributed by atoms with E-state index in [-0.39, 0.29) is 35.5 Å². The molecule has 0 bridgehead atoms. The summed E-state index contributed by atoms with van der Waals surface area (Å²) in [5, 5.41) is 12.8. The maximum Gasteiger partial charge on any atom is 0.253 e. The molecule has 1 aromatic carbocycles. The van der Waals surface area contributed by atoms with E-state index >= 15 is 0 Å². The summed E-state index contributed by atoms with van der Waals surface area (Å²) in [6.07, 6.45) is 4.00. The second kappa shape index (κ2) is 9.17. The molecular formula is C25H33ClN2O3. The van der Waals surface area contributed by atoms with E-state index in [1.807, 2.05) is 37.3 Å². The molecule has 1 fully saturated rings. The fourth-order valence-electron chi connectivity index (χ4n) is 4.92. The van der Waals surface area contributed by atoms with Gasteiger partial charge in [0.25, 0.3) is 5.91 Å². The molecular weight excluding hydrogens is 412 g/mol. The van der Waals surface area contributed by atoms with Gasteiger partial charge in [-0.2, -0.15) is 0 Å². The molecule has 0 radical (unpaired) electrons. The minimum Gasteiger partial charge on any atom is -0.489 e. The van der Waals surface area contributed by atoms with Crippen LogP contribution >= 0.6 is 11.6 Å². The van der Waals surface area contributed by atoms with Gasteiger partial charge in [-0.3, -0.25) is 9.78 Å². The number of aliphatic hydroxyl groups is 1. The summed E-state index contributed by atoms with van der Waals surface area (Å²) in [6, 6.07) is 9.39. The predicted molar refractivity (Wildman–Crippen MR) is 124 cm³/mol. The van der Waals surface area contributed by atoms with Gasteiger partial charge < -0.3 is 15.2 Å². The number of hydrogen-bond acceptors (Lipinski definition) is 4. The van der Waals surface area contributed by atoms with Gasteiger partial charge in [0, 0.05) is 40.4 Å². The van der Waals surface area contributed by atoms with Gasteiger partial charge in [0.05, 0.1) is 5.56 Å². The maximum atomic E-state index is 12.9. The molecule has 1 aromatic heterocycles. The van der Waals surface area contributed by atoms with Crippen LogP contribution in [0.15, 0.2) is 36.5 Å². The van der Waals surface area contributed by atoms with E-state index in [2.05, 4.69) is 38.0 Å². The van der Waals surface area contributed by atoms with Crippen LogP contribution in [0.25, 0.3) is 0 Å². The van der Waals surface area contributed by atoms with Gasteiger partial charge in [-0.1, -0.05) is 45.4 Å². The Kier molecular flexibility index (Phi) is 6.97. The molecule has 5 nitrogen and oxygen atoms in total. The summed E-state index contributed by atoms with van der Waals surface area (Å²) in [7, 11) is 0. The quantitative estimate of drug-likeness (QED) is 0.564. The Morgan fingerprint density at radius 1 is 1.16 bits per heavy atom. The molecule has 1 saturated carbocycles. The van der Waals surface area contributed by atoms with E-state index in [1.165, 1.54) is 0 Å². The van der Waals surface area contributed by atoms with Crippen LogP contribution in [-0.4, -0.2) is 34.8 Å². The maximum absolute atomic E-state index is 12.9. The Labute approximate surface area is 190 Å². The third kappa shape index (κ3) is 4.88. The Morgan fingerprint density at radius 2 is 1.87 bits per heavy atom. The molecule has 3 rings (SSSR count). The van der Waals surface area contributed by atoms with Crippen molar-refractivity contribution in [3.05, 3.63) is 58.4 Å². The monoisotopic (exact) mass is 444 g/mol. The Balaban J connectivity index is 1.66. The minimum absolute atomic E-state index is 0.0531. The number of aryl methyl sites for hydroxylation is 2. The molecule has 1 aliphatic carbocycles. The van der Waals surface area contributed by atoms with Crippen LogP contribution in [0.2, 0.25) is 5.02 Å². The summed E-state index contributed by atoms with van der Waals surface area (Å²) >= 11 is 6.26. The zero-order valence-corrected chi connectivity index (χ0v) is 19.8.